The van der Waals surface area contributed by atoms with E-state index < -0.39 is 11.1 Å². The molecule has 0 saturated heterocycles. The van der Waals surface area contributed by atoms with Crippen LogP contribution in [0, 0.1) is 10.1 Å². The van der Waals surface area contributed by atoms with E-state index >= 15 is 0 Å². The van der Waals surface area contributed by atoms with E-state index in [1.54, 1.807) is 42.5 Å². The Morgan fingerprint density at radius 3 is 2.68 bits per heavy atom. The van der Waals surface area contributed by atoms with Crippen LogP contribution in [0.3, 0.4) is 0 Å². The average Bonchev–Trinajstić information content (AvgIpc) is 2.76. The molecule has 4 rings (SSSR count). The van der Waals surface area contributed by atoms with Gasteiger partial charge in [-0.1, -0.05) is 30.0 Å². The molecule has 9 nitrogen and oxygen atoms in total. The number of nitro groups is 1. The van der Waals surface area contributed by atoms with E-state index in [0.29, 0.717) is 33.4 Å². The zero-order valence-corrected chi connectivity index (χ0v) is 17.3. The van der Waals surface area contributed by atoms with E-state index in [4.69, 9.17) is 0 Å². The summed E-state index contributed by atoms with van der Waals surface area (Å²) in [7, 11) is 0. The highest BCUT2D eigenvalue weighted by molar-refractivity contribution is 7.99. The number of aromatic amines is 1. The molecule has 0 aliphatic carbocycles. The van der Waals surface area contributed by atoms with Crippen LogP contribution in [0.4, 0.5) is 11.4 Å². The highest BCUT2D eigenvalue weighted by atomic mass is 32.2. The summed E-state index contributed by atoms with van der Waals surface area (Å²) in [6.45, 7) is 5.11. The largest absolute Gasteiger partial charge is 0.325 e. The van der Waals surface area contributed by atoms with Gasteiger partial charge in [-0.2, -0.15) is 0 Å². The fourth-order valence-electron chi connectivity index (χ4n) is 3.58. The van der Waals surface area contributed by atoms with Crippen molar-refractivity contribution < 1.29 is 14.4 Å². The monoisotopic (exact) mass is 436 g/mol. The average molecular weight is 436 g/mol. The molecule has 0 fully saturated rings. The summed E-state index contributed by atoms with van der Waals surface area (Å²) in [4.78, 5) is 40.7. The van der Waals surface area contributed by atoms with E-state index in [9.17, 15) is 19.7 Å². The molecule has 2 heterocycles. The molecule has 31 heavy (non-hydrogen) atoms. The molecular formula is C21H18N5O4S+. The first-order valence-corrected chi connectivity index (χ1v) is 10.3. The van der Waals surface area contributed by atoms with Crippen molar-refractivity contribution in [2.24, 2.45) is 0 Å². The summed E-state index contributed by atoms with van der Waals surface area (Å²) in [5.74, 6) is 0.286. The Kier molecular flexibility index (Phi) is 5.38. The summed E-state index contributed by atoms with van der Waals surface area (Å²) >= 11 is 1.30. The van der Waals surface area contributed by atoms with Gasteiger partial charge in [-0.15, -0.1) is 6.58 Å². The molecule has 2 aromatic carbocycles. The lowest BCUT2D eigenvalue weighted by Gasteiger charge is -2.31. The number of rotatable bonds is 5. The molecule has 1 atom stereocenters. The molecule has 1 amide bonds. The lowest BCUT2D eigenvalue weighted by molar-refractivity contribution is -0.763. The number of para-hydroxylation sites is 1. The van der Waals surface area contributed by atoms with E-state index in [1.807, 2.05) is 0 Å². The Hall–Kier alpha value is -3.79. The number of hydrogen-bond donors (Lipinski definition) is 1. The summed E-state index contributed by atoms with van der Waals surface area (Å²) in [5, 5.41) is 16.1. The van der Waals surface area contributed by atoms with Crippen LogP contribution < -0.4 is 15.1 Å². The molecule has 0 unspecified atom stereocenters. The number of H-pyrrole nitrogens is 1. The van der Waals surface area contributed by atoms with Crippen molar-refractivity contribution in [2.45, 2.75) is 18.2 Å². The number of amides is 1. The molecule has 1 N–H and O–H groups in total. The summed E-state index contributed by atoms with van der Waals surface area (Å²) in [6, 6.07) is 13.0. The molecule has 0 bridgehead atoms. The minimum absolute atomic E-state index is 0.0688. The van der Waals surface area contributed by atoms with Crippen molar-refractivity contribution in [2.75, 3.05) is 10.7 Å². The van der Waals surface area contributed by atoms with Crippen LogP contribution in [0.1, 0.15) is 18.7 Å². The van der Waals surface area contributed by atoms with Crippen molar-refractivity contribution in [3.63, 3.8) is 0 Å². The molecule has 0 radical (unpaired) electrons. The van der Waals surface area contributed by atoms with Crippen molar-refractivity contribution in [1.29, 1.82) is 0 Å². The highest BCUT2D eigenvalue weighted by Gasteiger charge is 2.44. The number of carbonyl (C=O) groups is 1. The van der Waals surface area contributed by atoms with Gasteiger partial charge in [0.2, 0.25) is 11.1 Å². The second kappa shape index (κ2) is 8.15. The van der Waals surface area contributed by atoms with Gasteiger partial charge in [-0.25, -0.2) is 4.90 Å². The highest BCUT2D eigenvalue weighted by Crippen LogP contribution is 2.37. The Bertz CT molecular complexity index is 1260. The zero-order chi connectivity index (χ0) is 22.1. The molecule has 1 aliphatic heterocycles. The number of nitrogens with one attached hydrogen (secondary N) is 1. The summed E-state index contributed by atoms with van der Waals surface area (Å²) in [6.07, 6.45) is 0.910. The van der Waals surface area contributed by atoms with Gasteiger partial charge in [0, 0.05) is 35.5 Å². The van der Waals surface area contributed by atoms with Gasteiger partial charge in [0.1, 0.15) is 0 Å². The van der Waals surface area contributed by atoms with Crippen LogP contribution in [0.25, 0.3) is 11.3 Å². The van der Waals surface area contributed by atoms with Crippen LogP contribution in [0.5, 0.6) is 0 Å². The van der Waals surface area contributed by atoms with Crippen molar-refractivity contribution in [3.05, 3.63) is 87.2 Å². The molecule has 156 valence electrons. The van der Waals surface area contributed by atoms with Gasteiger partial charge in [0.25, 0.3) is 11.9 Å². The predicted molar refractivity (Wildman–Crippen MR) is 116 cm³/mol. The summed E-state index contributed by atoms with van der Waals surface area (Å²) in [5.41, 5.74) is 1.62. The molecular weight excluding hydrogens is 418 g/mol. The number of nitrogens with zero attached hydrogens (tertiary/aromatic N) is 4. The lowest BCUT2D eigenvalue weighted by atomic mass is 10.0. The van der Waals surface area contributed by atoms with Crippen LogP contribution in [-0.2, 0) is 4.79 Å². The van der Waals surface area contributed by atoms with Gasteiger partial charge in [0.05, 0.1) is 16.2 Å². The van der Waals surface area contributed by atoms with Crippen LogP contribution in [0.2, 0.25) is 0 Å². The fourth-order valence-corrected chi connectivity index (χ4v) is 4.17. The molecule has 1 aliphatic rings. The first-order valence-electron chi connectivity index (χ1n) is 9.35. The number of non-ortho nitro benzene ring substituents is 1. The first-order chi connectivity index (χ1) is 14.9. The molecule has 0 spiro atoms. The Morgan fingerprint density at radius 1 is 1.32 bits per heavy atom. The van der Waals surface area contributed by atoms with Crippen LogP contribution in [0.15, 0.2) is 71.1 Å². The molecule has 10 heteroatoms. The second-order valence-corrected chi connectivity index (χ2v) is 7.79. The van der Waals surface area contributed by atoms with Gasteiger partial charge >= 0.3 is 11.3 Å². The predicted octanol–water partition coefficient (Wildman–Crippen LogP) is 2.82. The van der Waals surface area contributed by atoms with E-state index in [-0.39, 0.29) is 17.2 Å². The van der Waals surface area contributed by atoms with Crippen molar-refractivity contribution in [3.8, 4) is 11.3 Å². The second-order valence-electron chi connectivity index (χ2n) is 6.78. The van der Waals surface area contributed by atoms with Crippen LogP contribution >= 0.6 is 11.8 Å². The van der Waals surface area contributed by atoms with Gasteiger partial charge < -0.3 is 0 Å². The minimum Gasteiger partial charge on any atom is -0.291 e. The number of carbonyl (C=O) groups excluding carboxylic acids is 1. The number of thioether (sulfide) groups is 1. The molecule has 3 aromatic rings. The first kappa shape index (κ1) is 20.5. The van der Waals surface area contributed by atoms with E-state index in [1.165, 1.54) is 40.4 Å². The standard InChI is InChI=1S/C21H17N5O4S/c1-3-12-31-21-22-19(28)18-16-6-4-5-7-17(16)24(13(2)27)20(25(18)23-21)14-8-10-15(11-9-14)26(29)30/h3-11,20H,1,12H2,2H3/p+1/t20-/m1/s1. The SMILES string of the molecule is C=CCSc1n[n+]2c(c(=O)[nH]1)-c1ccccc1N(C(C)=O)[C@H]2c1ccc([N+](=O)[O-])cc1. The van der Waals surface area contributed by atoms with Crippen molar-refractivity contribution >= 4 is 29.0 Å². The van der Waals surface area contributed by atoms with Gasteiger partial charge in [0.15, 0.2) is 0 Å². The Balaban J connectivity index is 2.00. The minimum atomic E-state index is -0.784. The summed E-state index contributed by atoms with van der Waals surface area (Å²) < 4.78 is 1.51. The van der Waals surface area contributed by atoms with E-state index in [0.717, 1.165) is 0 Å². The van der Waals surface area contributed by atoms with Crippen LogP contribution in [-0.4, -0.2) is 26.7 Å². The maximum atomic E-state index is 13.1. The Labute approximate surface area is 181 Å². The van der Waals surface area contributed by atoms with Gasteiger partial charge in [-0.05, 0) is 28.9 Å². The van der Waals surface area contributed by atoms with E-state index in [2.05, 4.69) is 16.7 Å². The van der Waals surface area contributed by atoms with Gasteiger partial charge in [-0.3, -0.25) is 24.7 Å². The number of fused-ring (bicyclic) bond motifs is 3. The number of anilines is 1. The Morgan fingerprint density at radius 2 is 2.03 bits per heavy atom. The smallest absolute Gasteiger partial charge is 0.291 e. The third kappa shape index (κ3) is 3.61. The topological polar surface area (TPSA) is 113 Å². The normalized spacial score (nSPS) is 14.5. The zero-order valence-electron chi connectivity index (χ0n) is 16.5. The number of aromatic nitrogens is 3. The molecule has 0 saturated carbocycles. The fraction of sp³-hybridized carbons (Fsp3) is 0.143. The maximum absolute atomic E-state index is 13.1. The number of hydrogen-bond acceptors (Lipinski definition) is 6. The number of nitro benzene ring substituents is 1. The third-order valence-corrected chi connectivity index (χ3v) is 5.70. The van der Waals surface area contributed by atoms with Crippen molar-refractivity contribution in [1.82, 2.24) is 10.1 Å². The number of benzene rings is 2. The lowest BCUT2D eigenvalue weighted by Crippen LogP contribution is -2.60. The molecule has 1 aromatic heterocycles. The quantitative estimate of drug-likeness (QED) is 0.216. The maximum Gasteiger partial charge on any atom is 0.325 e. The third-order valence-electron chi connectivity index (χ3n) is 4.84.